The Labute approximate surface area is 121 Å². The van der Waals surface area contributed by atoms with Gasteiger partial charge in [0.1, 0.15) is 0 Å². The van der Waals surface area contributed by atoms with Gasteiger partial charge in [-0.3, -0.25) is 4.79 Å². The van der Waals surface area contributed by atoms with Crippen LogP contribution in [-0.4, -0.2) is 25.2 Å². The van der Waals surface area contributed by atoms with Crippen LogP contribution in [0.15, 0.2) is 18.2 Å². The van der Waals surface area contributed by atoms with Crippen LogP contribution in [0, 0.1) is 0 Å². The second-order valence-electron chi connectivity index (χ2n) is 3.68. The maximum Gasteiger partial charge on any atom is 0.344 e. The Kier molecular flexibility index (Phi) is 6.67. The van der Waals surface area contributed by atoms with Crippen molar-refractivity contribution in [2.75, 3.05) is 13.2 Å². The van der Waals surface area contributed by atoms with E-state index in [1.165, 1.54) is 0 Å². The molecule has 0 radical (unpaired) electrons. The molecule has 19 heavy (non-hydrogen) atoms. The van der Waals surface area contributed by atoms with Crippen molar-refractivity contribution < 1.29 is 19.1 Å². The van der Waals surface area contributed by atoms with Gasteiger partial charge in [0, 0.05) is 6.42 Å². The molecule has 0 fully saturated rings. The first kappa shape index (κ1) is 15.8. The number of ether oxygens (including phenoxy) is 2. The largest absolute Gasteiger partial charge is 0.463 e. The topological polar surface area (TPSA) is 52.6 Å². The predicted octanol–water partition coefficient (Wildman–Crippen LogP) is 3.03. The summed E-state index contributed by atoms with van der Waals surface area (Å²) < 4.78 is 9.39. The Bertz CT molecular complexity index is 460. The molecule has 0 aliphatic heterocycles. The maximum absolute atomic E-state index is 11.4. The van der Waals surface area contributed by atoms with Crippen LogP contribution >= 0.6 is 23.2 Å². The molecule has 6 heteroatoms. The van der Waals surface area contributed by atoms with Crippen LogP contribution in [0.1, 0.15) is 18.9 Å². The van der Waals surface area contributed by atoms with E-state index in [9.17, 15) is 9.59 Å². The number of benzene rings is 1. The average molecular weight is 305 g/mol. The van der Waals surface area contributed by atoms with Gasteiger partial charge in [-0.1, -0.05) is 35.3 Å². The van der Waals surface area contributed by atoms with E-state index in [2.05, 4.69) is 4.74 Å². The van der Waals surface area contributed by atoms with Crippen LogP contribution in [0.25, 0.3) is 0 Å². The normalized spacial score (nSPS) is 10.1. The zero-order valence-corrected chi connectivity index (χ0v) is 12.0. The number of esters is 2. The van der Waals surface area contributed by atoms with Gasteiger partial charge >= 0.3 is 11.9 Å². The number of hydrogen-bond acceptors (Lipinski definition) is 4. The van der Waals surface area contributed by atoms with Crippen molar-refractivity contribution >= 4 is 35.1 Å². The fourth-order valence-corrected chi connectivity index (χ4v) is 1.81. The lowest BCUT2D eigenvalue weighted by atomic mass is 10.1. The van der Waals surface area contributed by atoms with Gasteiger partial charge in [0.15, 0.2) is 6.61 Å². The van der Waals surface area contributed by atoms with Crippen molar-refractivity contribution in [2.24, 2.45) is 0 Å². The highest BCUT2D eigenvalue weighted by Gasteiger charge is 2.10. The second kappa shape index (κ2) is 8.02. The minimum absolute atomic E-state index is 0.124. The Morgan fingerprint density at radius 2 is 1.89 bits per heavy atom. The summed E-state index contributed by atoms with van der Waals surface area (Å²) in [5, 5.41) is 0.876. The van der Waals surface area contributed by atoms with E-state index in [-0.39, 0.29) is 19.6 Å². The van der Waals surface area contributed by atoms with Crippen molar-refractivity contribution in [3.05, 3.63) is 33.8 Å². The van der Waals surface area contributed by atoms with Crippen LogP contribution in [0.5, 0.6) is 0 Å². The van der Waals surface area contributed by atoms with E-state index >= 15 is 0 Å². The third-order valence-corrected chi connectivity index (χ3v) is 3.14. The molecule has 0 aliphatic rings. The lowest BCUT2D eigenvalue weighted by Gasteiger charge is -2.06. The third-order valence-electron chi connectivity index (χ3n) is 2.29. The van der Waals surface area contributed by atoms with Gasteiger partial charge in [-0.05, 0) is 25.0 Å². The van der Waals surface area contributed by atoms with Crippen LogP contribution < -0.4 is 0 Å². The number of halogens is 2. The zero-order chi connectivity index (χ0) is 14.3. The third kappa shape index (κ3) is 5.49. The Hall–Kier alpha value is -1.26. The van der Waals surface area contributed by atoms with Gasteiger partial charge < -0.3 is 9.47 Å². The molecule has 0 aromatic heterocycles. The summed E-state index contributed by atoms with van der Waals surface area (Å²) >= 11 is 11.8. The van der Waals surface area contributed by atoms with Gasteiger partial charge in [0.2, 0.25) is 0 Å². The summed E-state index contributed by atoms with van der Waals surface area (Å²) in [6.07, 6.45) is 0.528. The Morgan fingerprint density at radius 3 is 2.58 bits per heavy atom. The minimum atomic E-state index is -0.559. The van der Waals surface area contributed by atoms with Gasteiger partial charge in [0.05, 0.1) is 16.7 Å². The lowest BCUT2D eigenvalue weighted by Crippen LogP contribution is -2.16. The monoisotopic (exact) mass is 304 g/mol. The average Bonchev–Trinajstić information content (AvgIpc) is 2.38. The predicted molar refractivity (Wildman–Crippen MR) is 72.4 cm³/mol. The van der Waals surface area contributed by atoms with Gasteiger partial charge in [-0.15, -0.1) is 0 Å². The van der Waals surface area contributed by atoms with Crippen LogP contribution in [0.4, 0.5) is 0 Å². The van der Waals surface area contributed by atoms with Gasteiger partial charge in [-0.25, -0.2) is 4.79 Å². The lowest BCUT2D eigenvalue weighted by molar-refractivity contribution is -0.158. The first-order chi connectivity index (χ1) is 9.04. The molecule has 0 amide bonds. The van der Waals surface area contributed by atoms with E-state index in [0.29, 0.717) is 16.5 Å². The molecule has 0 atom stereocenters. The highest BCUT2D eigenvalue weighted by molar-refractivity contribution is 6.42. The standard InChI is InChI=1S/C13H14Cl2O4/c1-2-18-12(17)8-19-11(16)7-6-9-4-3-5-10(14)13(9)15/h3-5H,2,6-8H2,1H3. The summed E-state index contributed by atoms with van der Waals surface area (Å²) in [5.41, 5.74) is 0.766. The second-order valence-corrected chi connectivity index (χ2v) is 4.46. The first-order valence-electron chi connectivity index (χ1n) is 5.78. The molecule has 1 aromatic carbocycles. The highest BCUT2D eigenvalue weighted by atomic mass is 35.5. The molecular weight excluding hydrogens is 291 g/mol. The van der Waals surface area contributed by atoms with Crippen molar-refractivity contribution in [3.63, 3.8) is 0 Å². The summed E-state index contributed by atoms with van der Waals surface area (Å²) in [5.74, 6) is -1.04. The fourth-order valence-electron chi connectivity index (χ4n) is 1.39. The zero-order valence-electron chi connectivity index (χ0n) is 10.4. The summed E-state index contributed by atoms with van der Waals surface area (Å²) in [6, 6.07) is 5.22. The minimum Gasteiger partial charge on any atom is -0.463 e. The number of carbonyl (C=O) groups is 2. The molecule has 0 bridgehead atoms. The maximum atomic E-state index is 11.4. The molecule has 0 saturated carbocycles. The van der Waals surface area contributed by atoms with Crippen molar-refractivity contribution in [3.8, 4) is 0 Å². The Morgan fingerprint density at radius 1 is 1.16 bits per heavy atom. The number of hydrogen-bond donors (Lipinski definition) is 0. The molecule has 0 saturated heterocycles. The van der Waals surface area contributed by atoms with Crippen molar-refractivity contribution in [1.29, 1.82) is 0 Å². The number of aryl methyl sites for hydroxylation is 1. The molecule has 0 aliphatic carbocycles. The van der Waals surface area contributed by atoms with Crippen LogP contribution in [0.2, 0.25) is 10.0 Å². The molecular formula is C13H14Cl2O4. The van der Waals surface area contributed by atoms with E-state index in [0.717, 1.165) is 5.56 Å². The molecule has 104 valence electrons. The number of rotatable bonds is 6. The Balaban J connectivity index is 2.38. The smallest absolute Gasteiger partial charge is 0.344 e. The molecule has 1 aromatic rings. The first-order valence-corrected chi connectivity index (χ1v) is 6.54. The molecule has 0 heterocycles. The summed E-state index contributed by atoms with van der Waals surface area (Å²) in [4.78, 5) is 22.4. The summed E-state index contributed by atoms with van der Waals surface area (Å²) in [6.45, 7) is 1.57. The van der Waals surface area contributed by atoms with E-state index in [4.69, 9.17) is 27.9 Å². The fraction of sp³-hybridized carbons (Fsp3) is 0.385. The number of carbonyl (C=O) groups excluding carboxylic acids is 2. The molecule has 1 rings (SSSR count). The SMILES string of the molecule is CCOC(=O)COC(=O)CCc1cccc(Cl)c1Cl. The molecule has 0 N–H and O–H groups in total. The summed E-state index contributed by atoms with van der Waals surface area (Å²) in [7, 11) is 0. The van der Waals surface area contributed by atoms with E-state index in [1.807, 2.05) is 0 Å². The molecule has 4 nitrogen and oxygen atoms in total. The van der Waals surface area contributed by atoms with Gasteiger partial charge in [-0.2, -0.15) is 0 Å². The van der Waals surface area contributed by atoms with Crippen molar-refractivity contribution in [2.45, 2.75) is 19.8 Å². The van der Waals surface area contributed by atoms with Crippen molar-refractivity contribution in [1.82, 2.24) is 0 Å². The van der Waals surface area contributed by atoms with Crippen LogP contribution in [0.3, 0.4) is 0 Å². The highest BCUT2D eigenvalue weighted by Crippen LogP contribution is 2.26. The van der Waals surface area contributed by atoms with Crippen LogP contribution in [-0.2, 0) is 25.5 Å². The molecule has 0 spiro atoms. The van der Waals surface area contributed by atoms with E-state index < -0.39 is 11.9 Å². The quantitative estimate of drug-likeness (QED) is 0.758. The van der Waals surface area contributed by atoms with E-state index in [1.54, 1.807) is 25.1 Å². The van der Waals surface area contributed by atoms with Gasteiger partial charge in [0.25, 0.3) is 0 Å². The molecule has 0 unspecified atom stereocenters.